The summed E-state index contributed by atoms with van der Waals surface area (Å²) in [5.41, 5.74) is 1.39. The van der Waals surface area contributed by atoms with Gasteiger partial charge in [0.1, 0.15) is 5.75 Å². The van der Waals surface area contributed by atoms with E-state index in [2.05, 4.69) is 10.3 Å². The third kappa shape index (κ3) is 4.18. The number of aliphatic imine (C=N–C) groups is 1. The minimum absolute atomic E-state index is 0.124. The number of aromatic hydroxyl groups is 1. The zero-order chi connectivity index (χ0) is 18.5. The van der Waals surface area contributed by atoms with Crippen LogP contribution in [0.2, 0.25) is 0 Å². The van der Waals surface area contributed by atoms with E-state index in [9.17, 15) is 9.90 Å². The second kappa shape index (κ2) is 7.97. The molecule has 0 saturated carbocycles. The van der Waals surface area contributed by atoms with Crippen molar-refractivity contribution in [3.8, 4) is 17.2 Å². The molecule has 26 heavy (non-hydrogen) atoms. The van der Waals surface area contributed by atoms with E-state index in [0.29, 0.717) is 33.9 Å². The van der Waals surface area contributed by atoms with Crippen molar-refractivity contribution >= 4 is 34.6 Å². The van der Waals surface area contributed by atoms with Crippen molar-refractivity contribution in [1.29, 1.82) is 0 Å². The van der Waals surface area contributed by atoms with E-state index in [0.717, 1.165) is 5.56 Å². The van der Waals surface area contributed by atoms with Crippen LogP contribution in [0, 0.1) is 0 Å². The van der Waals surface area contributed by atoms with Crippen LogP contribution >= 0.6 is 11.8 Å². The Labute approximate surface area is 155 Å². The number of carbonyl (C=O) groups is 1. The van der Waals surface area contributed by atoms with E-state index in [1.807, 2.05) is 25.1 Å². The molecule has 2 N–H and O–H groups in total. The van der Waals surface area contributed by atoms with Gasteiger partial charge >= 0.3 is 0 Å². The van der Waals surface area contributed by atoms with Crippen LogP contribution in [0.5, 0.6) is 17.2 Å². The number of hydrogen-bond acceptors (Lipinski definition) is 6. The van der Waals surface area contributed by atoms with Gasteiger partial charge in [0.25, 0.3) is 5.91 Å². The van der Waals surface area contributed by atoms with Crippen LogP contribution in [0.1, 0.15) is 12.5 Å². The quantitative estimate of drug-likeness (QED) is 0.785. The van der Waals surface area contributed by atoms with Crippen molar-refractivity contribution in [2.45, 2.75) is 6.92 Å². The first-order valence-electron chi connectivity index (χ1n) is 7.98. The van der Waals surface area contributed by atoms with Gasteiger partial charge in [0.05, 0.1) is 24.3 Å². The summed E-state index contributed by atoms with van der Waals surface area (Å²) >= 11 is 1.24. The van der Waals surface area contributed by atoms with Gasteiger partial charge in [-0.2, -0.15) is 0 Å². The highest BCUT2D eigenvalue weighted by atomic mass is 32.2. The van der Waals surface area contributed by atoms with Gasteiger partial charge in [0, 0.05) is 6.07 Å². The second-order valence-electron chi connectivity index (χ2n) is 5.34. The molecule has 0 bridgehead atoms. The van der Waals surface area contributed by atoms with Crippen molar-refractivity contribution < 1.29 is 19.4 Å². The molecule has 3 rings (SSSR count). The lowest BCUT2D eigenvalue weighted by atomic mass is 10.2. The number of rotatable bonds is 5. The Morgan fingerprint density at radius 3 is 2.81 bits per heavy atom. The molecule has 2 aromatic carbocycles. The van der Waals surface area contributed by atoms with Crippen LogP contribution in [-0.2, 0) is 4.79 Å². The maximum absolute atomic E-state index is 12.2. The van der Waals surface area contributed by atoms with E-state index < -0.39 is 0 Å². The number of carbonyl (C=O) groups excluding carboxylic acids is 1. The second-order valence-corrected chi connectivity index (χ2v) is 6.38. The van der Waals surface area contributed by atoms with Crippen LogP contribution in [0.15, 0.2) is 52.4 Å². The fraction of sp³-hybridized carbons (Fsp3) is 0.158. The Balaban J connectivity index is 1.82. The number of amidine groups is 1. The van der Waals surface area contributed by atoms with Gasteiger partial charge in [-0.3, -0.25) is 4.79 Å². The minimum atomic E-state index is -0.221. The standard InChI is InChI=1S/C19H18N2O4S/c1-3-25-15-8-7-12(9-16(15)24-2)10-17-18(23)21-19(26-17)20-13-5-4-6-14(22)11-13/h4-11,22H,3H2,1-2H3,(H,20,21,23)/b17-10-. The number of nitrogens with zero attached hydrogens (tertiary/aromatic N) is 1. The Kier molecular flexibility index (Phi) is 5.48. The summed E-state index contributed by atoms with van der Waals surface area (Å²) < 4.78 is 10.8. The molecule has 134 valence electrons. The molecule has 1 heterocycles. The number of methoxy groups -OCH3 is 1. The Morgan fingerprint density at radius 1 is 1.23 bits per heavy atom. The smallest absolute Gasteiger partial charge is 0.264 e. The zero-order valence-electron chi connectivity index (χ0n) is 14.4. The predicted molar refractivity (Wildman–Crippen MR) is 103 cm³/mol. The summed E-state index contributed by atoms with van der Waals surface area (Å²) in [4.78, 5) is 17.0. The monoisotopic (exact) mass is 370 g/mol. The van der Waals surface area contributed by atoms with E-state index in [1.165, 1.54) is 17.8 Å². The van der Waals surface area contributed by atoms with Crippen molar-refractivity contribution in [2.75, 3.05) is 13.7 Å². The van der Waals surface area contributed by atoms with Gasteiger partial charge in [0.15, 0.2) is 16.7 Å². The highest BCUT2D eigenvalue weighted by Gasteiger charge is 2.24. The number of ether oxygens (including phenoxy) is 2. The van der Waals surface area contributed by atoms with Crippen molar-refractivity contribution in [2.24, 2.45) is 4.99 Å². The van der Waals surface area contributed by atoms with Crippen molar-refractivity contribution in [3.63, 3.8) is 0 Å². The van der Waals surface area contributed by atoms with E-state index in [4.69, 9.17) is 9.47 Å². The predicted octanol–water partition coefficient (Wildman–Crippen LogP) is 3.69. The lowest BCUT2D eigenvalue weighted by molar-refractivity contribution is -0.115. The van der Waals surface area contributed by atoms with Gasteiger partial charge < -0.3 is 19.9 Å². The van der Waals surface area contributed by atoms with E-state index in [-0.39, 0.29) is 11.7 Å². The van der Waals surface area contributed by atoms with Gasteiger partial charge in [-0.05, 0) is 54.6 Å². The molecular formula is C19H18N2O4S. The van der Waals surface area contributed by atoms with Gasteiger partial charge in [0.2, 0.25) is 0 Å². The third-order valence-electron chi connectivity index (χ3n) is 3.50. The molecule has 0 spiro atoms. The maximum Gasteiger partial charge on any atom is 0.264 e. The van der Waals surface area contributed by atoms with Crippen LogP contribution in [0.4, 0.5) is 5.69 Å². The van der Waals surface area contributed by atoms with E-state index in [1.54, 1.807) is 31.4 Å². The first-order valence-corrected chi connectivity index (χ1v) is 8.80. The lowest BCUT2D eigenvalue weighted by Crippen LogP contribution is -2.19. The summed E-state index contributed by atoms with van der Waals surface area (Å²) in [6.45, 7) is 2.45. The molecular weight excluding hydrogens is 352 g/mol. The molecule has 1 fully saturated rings. The summed E-state index contributed by atoms with van der Waals surface area (Å²) in [5, 5.41) is 12.7. The molecule has 0 aliphatic carbocycles. The molecule has 0 aromatic heterocycles. The average Bonchev–Trinajstić information content (AvgIpc) is 2.95. The first kappa shape index (κ1) is 17.9. The summed E-state index contributed by atoms with van der Waals surface area (Å²) in [7, 11) is 1.58. The number of amides is 1. The highest BCUT2D eigenvalue weighted by Crippen LogP contribution is 2.32. The SMILES string of the molecule is CCOc1ccc(/C=C2\SC(=Nc3cccc(O)c3)NC2=O)cc1OC. The molecule has 0 radical (unpaired) electrons. The fourth-order valence-electron chi connectivity index (χ4n) is 2.36. The topological polar surface area (TPSA) is 80.2 Å². The van der Waals surface area contributed by atoms with Gasteiger partial charge in [-0.15, -0.1) is 0 Å². The molecule has 6 nitrogen and oxygen atoms in total. The number of benzene rings is 2. The molecule has 0 atom stereocenters. The number of nitrogens with one attached hydrogen (secondary N) is 1. The molecule has 1 amide bonds. The largest absolute Gasteiger partial charge is 0.508 e. The Bertz CT molecular complexity index is 893. The molecule has 1 aliphatic rings. The summed E-state index contributed by atoms with van der Waals surface area (Å²) in [6, 6.07) is 12.0. The van der Waals surface area contributed by atoms with Crippen LogP contribution < -0.4 is 14.8 Å². The van der Waals surface area contributed by atoms with Crippen molar-refractivity contribution in [1.82, 2.24) is 5.32 Å². The molecule has 0 unspecified atom stereocenters. The third-order valence-corrected chi connectivity index (χ3v) is 4.41. The van der Waals surface area contributed by atoms with Crippen LogP contribution in [-0.4, -0.2) is 29.9 Å². The summed E-state index contributed by atoms with van der Waals surface area (Å²) in [6.07, 6.45) is 1.77. The fourth-order valence-corrected chi connectivity index (χ4v) is 3.20. The zero-order valence-corrected chi connectivity index (χ0v) is 15.2. The minimum Gasteiger partial charge on any atom is -0.508 e. The Morgan fingerprint density at radius 2 is 2.08 bits per heavy atom. The van der Waals surface area contributed by atoms with Crippen LogP contribution in [0.3, 0.4) is 0 Å². The highest BCUT2D eigenvalue weighted by molar-refractivity contribution is 8.18. The van der Waals surface area contributed by atoms with Gasteiger partial charge in [-0.25, -0.2) is 4.99 Å². The van der Waals surface area contributed by atoms with E-state index >= 15 is 0 Å². The average molecular weight is 370 g/mol. The van der Waals surface area contributed by atoms with Gasteiger partial charge in [-0.1, -0.05) is 12.1 Å². The number of hydrogen-bond donors (Lipinski definition) is 2. The normalized spacial score (nSPS) is 16.8. The van der Waals surface area contributed by atoms with Crippen LogP contribution in [0.25, 0.3) is 6.08 Å². The summed E-state index contributed by atoms with van der Waals surface area (Å²) in [5.74, 6) is 1.17. The number of phenolic OH excluding ortho intramolecular Hbond substituents is 1. The van der Waals surface area contributed by atoms with Crippen molar-refractivity contribution in [3.05, 3.63) is 52.9 Å². The Hall–Kier alpha value is -2.93. The molecule has 1 saturated heterocycles. The number of phenols is 1. The molecule has 1 aliphatic heterocycles. The molecule has 2 aromatic rings. The first-order chi connectivity index (χ1) is 12.6. The molecule has 7 heteroatoms. The maximum atomic E-state index is 12.2. The number of thioether (sulfide) groups is 1. The lowest BCUT2D eigenvalue weighted by Gasteiger charge is -2.09.